The van der Waals surface area contributed by atoms with Crippen molar-refractivity contribution in [2.75, 3.05) is 0 Å². The van der Waals surface area contributed by atoms with Crippen LogP contribution in [0.5, 0.6) is 0 Å². The van der Waals surface area contributed by atoms with Gasteiger partial charge in [-0.1, -0.05) is 18.2 Å². The molecule has 15 heavy (non-hydrogen) atoms. The quantitative estimate of drug-likeness (QED) is 0.791. The van der Waals surface area contributed by atoms with Crippen LogP contribution in [0.4, 0.5) is 0 Å². The molecule has 78 valence electrons. The molecule has 0 atom stereocenters. The smallest absolute Gasteiger partial charge is 0.217 e. The van der Waals surface area contributed by atoms with E-state index in [0.717, 1.165) is 5.69 Å². The van der Waals surface area contributed by atoms with Crippen molar-refractivity contribution >= 4 is 16.8 Å². The topological polar surface area (TPSA) is 34.0 Å². The van der Waals surface area contributed by atoms with Crippen LogP contribution in [0.3, 0.4) is 0 Å². The zero-order valence-electron chi connectivity index (χ0n) is 8.95. The first kappa shape index (κ1) is 9.77. The molecule has 0 saturated heterocycles. The van der Waals surface area contributed by atoms with E-state index in [-0.39, 0.29) is 5.91 Å². The Morgan fingerprint density at radius 3 is 2.80 bits per heavy atom. The minimum Gasteiger partial charge on any atom is -0.351 e. The fourth-order valence-electron chi connectivity index (χ4n) is 1.73. The number of carbonyl (C=O) groups is 1. The fourth-order valence-corrected chi connectivity index (χ4v) is 1.73. The van der Waals surface area contributed by atoms with Gasteiger partial charge in [-0.05, 0) is 17.5 Å². The molecule has 0 aliphatic carbocycles. The lowest BCUT2D eigenvalue weighted by Crippen LogP contribution is -2.20. The molecule has 3 nitrogen and oxygen atoms in total. The third-order valence-electron chi connectivity index (χ3n) is 2.57. The zero-order valence-corrected chi connectivity index (χ0v) is 8.95. The Hall–Kier alpha value is -1.77. The second-order valence-corrected chi connectivity index (χ2v) is 3.66. The van der Waals surface area contributed by atoms with Crippen LogP contribution in [0.1, 0.15) is 12.6 Å². The van der Waals surface area contributed by atoms with Crippen LogP contribution < -0.4 is 5.32 Å². The summed E-state index contributed by atoms with van der Waals surface area (Å²) in [6.07, 6.45) is 0. The van der Waals surface area contributed by atoms with E-state index in [9.17, 15) is 4.79 Å². The van der Waals surface area contributed by atoms with E-state index >= 15 is 0 Å². The highest BCUT2D eigenvalue weighted by molar-refractivity contribution is 5.81. The predicted octanol–water partition coefficient (Wildman–Crippen LogP) is 1.81. The van der Waals surface area contributed by atoms with Gasteiger partial charge in [-0.25, -0.2) is 0 Å². The van der Waals surface area contributed by atoms with Gasteiger partial charge in [-0.15, -0.1) is 0 Å². The number of amides is 1. The lowest BCUT2D eigenvalue weighted by atomic mass is 10.2. The number of aryl methyl sites for hydroxylation is 1. The SMILES string of the molecule is CC(=O)NCc1cc2ccccc2n1C. The Bertz CT molecular complexity index is 499. The molecular weight excluding hydrogens is 188 g/mol. The number of aromatic nitrogens is 1. The highest BCUT2D eigenvalue weighted by atomic mass is 16.1. The number of rotatable bonds is 2. The minimum absolute atomic E-state index is 0.000237. The number of nitrogens with one attached hydrogen (secondary N) is 1. The van der Waals surface area contributed by atoms with Crippen LogP contribution in [0.2, 0.25) is 0 Å². The summed E-state index contributed by atoms with van der Waals surface area (Å²) in [7, 11) is 2.01. The second-order valence-electron chi connectivity index (χ2n) is 3.66. The molecule has 0 bridgehead atoms. The molecule has 1 aromatic heterocycles. The van der Waals surface area contributed by atoms with Gasteiger partial charge >= 0.3 is 0 Å². The highest BCUT2D eigenvalue weighted by Crippen LogP contribution is 2.17. The van der Waals surface area contributed by atoms with E-state index in [1.54, 1.807) is 0 Å². The number of carbonyl (C=O) groups excluding carboxylic acids is 1. The van der Waals surface area contributed by atoms with E-state index in [0.29, 0.717) is 6.54 Å². The summed E-state index contributed by atoms with van der Waals surface area (Å²) in [5.41, 5.74) is 2.31. The summed E-state index contributed by atoms with van der Waals surface area (Å²) in [5, 5.41) is 4.01. The fraction of sp³-hybridized carbons (Fsp3) is 0.250. The molecule has 2 aromatic rings. The molecule has 0 radical (unpaired) electrons. The Balaban J connectivity index is 2.36. The Kier molecular flexibility index (Phi) is 2.46. The molecule has 0 saturated carbocycles. The standard InChI is InChI=1S/C12H14N2O/c1-9(15)13-8-11-7-10-5-3-4-6-12(10)14(11)2/h3-7H,8H2,1-2H3,(H,13,15). The molecule has 2 rings (SSSR count). The number of hydrogen-bond acceptors (Lipinski definition) is 1. The van der Waals surface area contributed by atoms with Gasteiger partial charge in [-0.3, -0.25) is 4.79 Å². The Morgan fingerprint density at radius 2 is 2.13 bits per heavy atom. The normalized spacial score (nSPS) is 10.5. The van der Waals surface area contributed by atoms with Crippen LogP contribution in [-0.2, 0) is 18.4 Å². The first-order valence-corrected chi connectivity index (χ1v) is 4.96. The van der Waals surface area contributed by atoms with Crippen molar-refractivity contribution in [3.05, 3.63) is 36.0 Å². The number of nitrogens with zero attached hydrogens (tertiary/aromatic N) is 1. The van der Waals surface area contributed by atoms with Gasteiger partial charge in [0, 0.05) is 25.2 Å². The average molecular weight is 202 g/mol. The number of hydrogen-bond donors (Lipinski definition) is 1. The Labute approximate surface area is 88.7 Å². The van der Waals surface area contributed by atoms with Crippen molar-refractivity contribution in [3.8, 4) is 0 Å². The van der Waals surface area contributed by atoms with Crippen LogP contribution in [0, 0.1) is 0 Å². The number of benzene rings is 1. The average Bonchev–Trinajstić information content (AvgIpc) is 2.54. The molecule has 1 N–H and O–H groups in total. The van der Waals surface area contributed by atoms with Crippen LogP contribution in [0.25, 0.3) is 10.9 Å². The molecule has 1 amide bonds. The summed E-state index contributed by atoms with van der Waals surface area (Å²) in [5.74, 6) is 0.000237. The third kappa shape index (κ3) is 1.86. The van der Waals surface area contributed by atoms with Gasteiger partial charge in [0.15, 0.2) is 0 Å². The van der Waals surface area contributed by atoms with E-state index in [1.165, 1.54) is 17.8 Å². The summed E-state index contributed by atoms with van der Waals surface area (Å²) in [4.78, 5) is 10.8. The monoisotopic (exact) mass is 202 g/mol. The first-order chi connectivity index (χ1) is 7.18. The van der Waals surface area contributed by atoms with Gasteiger partial charge in [-0.2, -0.15) is 0 Å². The maximum absolute atomic E-state index is 10.8. The zero-order chi connectivity index (χ0) is 10.8. The van der Waals surface area contributed by atoms with Crippen LogP contribution >= 0.6 is 0 Å². The lowest BCUT2D eigenvalue weighted by molar-refractivity contribution is -0.119. The molecule has 1 heterocycles. The number of para-hydroxylation sites is 1. The number of fused-ring (bicyclic) bond motifs is 1. The molecular formula is C12H14N2O. The highest BCUT2D eigenvalue weighted by Gasteiger charge is 2.04. The van der Waals surface area contributed by atoms with Crippen molar-refractivity contribution in [3.63, 3.8) is 0 Å². The first-order valence-electron chi connectivity index (χ1n) is 4.96. The summed E-state index contributed by atoms with van der Waals surface area (Å²) < 4.78 is 2.10. The third-order valence-corrected chi connectivity index (χ3v) is 2.57. The van der Waals surface area contributed by atoms with Crippen molar-refractivity contribution < 1.29 is 4.79 Å². The van der Waals surface area contributed by atoms with Crippen molar-refractivity contribution in [2.24, 2.45) is 7.05 Å². The van der Waals surface area contributed by atoms with E-state index in [2.05, 4.69) is 28.1 Å². The van der Waals surface area contributed by atoms with Crippen molar-refractivity contribution in [1.82, 2.24) is 9.88 Å². The van der Waals surface area contributed by atoms with Gasteiger partial charge in [0.1, 0.15) is 0 Å². The van der Waals surface area contributed by atoms with E-state index in [1.807, 2.05) is 19.2 Å². The summed E-state index contributed by atoms with van der Waals surface area (Å²) >= 11 is 0. The molecule has 0 aliphatic heterocycles. The van der Waals surface area contributed by atoms with Crippen molar-refractivity contribution in [1.29, 1.82) is 0 Å². The molecule has 3 heteroatoms. The Morgan fingerprint density at radius 1 is 1.40 bits per heavy atom. The summed E-state index contributed by atoms with van der Waals surface area (Å²) in [6.45, 7) is 2.11. The second kappa shape index (κ2) is 3.77. The van der Waals surface area contributed by atoms with Crippen LogP contribution in [-0.4, -0.2) is 10.5 Å². The van der Waals surface area contributed by atoms with Gasteiger partial charge in [0.25, 0.3) is 0 Å². The minimum atomic E-state index is 0.000237. The van der Waals surface area contributed by atoms with E-state index < -0.39 is 0 Å². The largest absolute Gasteiger partial charge is 0.351 e. The van der Waals surface area contributed by atoms with Crippen LogP contribution in [0.15, 0.2) is 30.3 Å². The lowest BCUT2D eigenvalue weighted by Gasteiger charge is -2.04. The molecule has 0 spiro atoms. The van der Waals surface area contributed by atoms with Gasteiger partial charge in [0.05, 0.1) is 6.54 Å². The molecule has 1 aromatic carbocycles. The maximum Gasteiger partial charge on any atom is 0.217 e. The van der Waals surface area contributed by atoms with Crippen molar-refractivity contribution in [2.45, 2.75) is 13.5 Å². The maximum atomic E-state index is 10.8. The van der Waals surface area contributed by atoms with Gasteiger partial charge in [0.2, 0.25) is 5.91 Å². The van der Waals surface area contributed by atoms with E-state index in [4.69, 9.17) is 0 Å². The summed E-state index contributed by atoms with van der Waals surface area (Å²) in [6, 6.07) is 10.3. The molecule has 0 fully saturated rings. The molecule has 0 aliphatic rings. The van der Waals surface area contributed by atoms with Gasteiger partial charge < -0.3 is 9.88 Å². The molecule has 0 unspecified atom stereocenters. The predicted molar refractivity (Wildman–Crippen MR) is 60.4 cm³/mol.